The minimum absolute atomic E-state index is 0.0460. The summed E-state index contributed by atoms with van der Waals surface area (Å²) in [4.78, 5) is 41.9. The normalized spacial score (nSPS) is 18.3. The Bertz CT molecular complexity index is 1330. The van der Waals surface area contributed by atoms with Crippen molar-refractivity contribution in [3.8, 4) is 0 Å². The molecule has 1 unspecified atom stereocenters. The average molecular weight is 478 g/mol. The molecule has 1 fully saturated rings. The van der Waals surface area contributed by atoms with Crippen LogP contribution in [0.1, 0.15) is 46.6 Å². The number of ether oxygens (including phenoxy) is 1. The van der Waals surface area contributed by atoms with E-state index in [0.717, 1.165) is 38.0 Å². The number of nitro benzene ring substituents is 1. The molecule has 0 saturated carbocycles. The van der Waals surface area contributed by atoms with Gasteiger partial charge in [-0.3, -0.25) is 24.6 Å². The molecular weight excluding hydrogens is 450 g/mol. The molecule has 0 radical (unpaired) electrons. The molecule has 1 saturated heterocycles. The SMILES string of the molecule is CCc1ccc2oc3c(c(=O)c2c1)C(c1ccc([N+](=O)[O-])cc1)N(CCCN1CCOCC1)C3=O. The van der Waals surface area contributed by atoms with Gasteiger partial charge in [-0.05, 0) is 48.2 Å². The van der Waals surface area contributed by atoms with E-state index >= 15 is 0 Å². The molecule has 0 bridgehead atoms. The van der Waals surface area contributed by atoms with Crippen LogP contribution >= 0.6 is 0 Å². The van der Waals surface area contributed by atoms with Crippen molar-refractivity contribution in [3.63, 3.8) is 0 Å². The number of morpholine rings is 1. The summed E-state index contributed by atoms with van der Waals surface area (Å²) in [6.45, 7) is 6.35. The molecule has 9 heteroatoms. The zero-order valence-electron chi connectivity index (χ0n) is 19.6. The molecule has 182 valence electrons. The number of rotatable bonds is 7. The van der Waals surface area contributed by atoms with Crippen LogP contribution in [0.3, 0.4) is 0 Å². The third kappa shape index (κ3) is 4.33. The number of aryl methyl sites for hydroxylation is 1. The van der Waals surface area contributed by atoms with Gasteiger partial charge in [0.05, 0.1) is 35.1 Å². The summed E-state index contributed by atoms with van der Waals surface area (Å²) in [5.74, 6) is -0.273. The van der Waals surface area contributed by atoms with E-state index < -0.39 is 11.0 Å². The van der Waals surface area contributed by atoms with Crippen LogP contribution in [0.5, 0.6) is 0 Å². The van der Waals surface area contributed by atoms with Crippen LogP contribution in [0.2, 0.25) is 0 Å². The van der Waals surface area contributed by atoms with Crippen molar-refractivity contribution < 1.29 is 18.9 Å². The van der Waals surface area contributed by atoms with E-state index in [1.165, 1.54) is 12.1 Å². The smallest absolute Gasteiger partial charge is 0.290 e. The lowest BCUT2D eigenvalue weighted by molar-refractivity contribution is -0.384. The fourth-order valence-electron chi connectivity index (χ4n) is 4.93. The van der Waals surface area contributed by atoms with E-state index in [4.69, 9.17) is 9.15 Å². The van der Waals surface area contributed by atoms with Crippen LogP contribution in [0, 0.1) is 10.1 Å². The van der Waals surface area contributed by atoms with Crippen LogP contribution < -0.4 is 5.43 Å². The van der Waals surface area contributed by atoms with E-state index in [-0.39, 0.29) is 22.8 Å². The summed E-state index contributed by atoms with van der Waals surface area (Å²) >= 11 is 0. The maximum absolute atomic E-state index is 13.7. The van der Waals surface area contributed by atoms with Crippen LogP contribution in [0.4, 0.5) is 5.69 Å². The van der Waals surface area contributed by atoms with Crippen LogP contribution in [-0.4, -0.2) is 60.0 Å². The first-order valence-corrected chi connectivity index (χ1v) is 11.9. The summed E-state index contributed by atoms with van der Waals surface area (Å²) in [5, 5.41) is 11.6. The molecule has 1 atom stereocenters. The molecule has 3 aromatic rings. The molecule has 35 heavy (non-hydrogen) atoms. The van der Waals surface area contributed by atoms with Crippen molar-refractivity contribution in [1.82, 2.24) is 9.80 Å². The van der Waals surface area contributed by atoms with Crippen LogP contribution in [0.15, 0.2) is 51.7 Å². The number of fused-ring (bicyclic) bond motifs is 2. The molecule has 2 aromatic carbocycles. The molecule has 2 aliphatic heterocycles. The minimum Gasteiger partial charge on any atom is -0.450 e. The molecule has 9 nitrogen and oxygen atoms in total. The number of hydrogen-bond donors (Lipinski definition) is 0. The molecule has 5 rings (SSSR count). The van der Waals surface area contributed by atoms with Crippen molar-refractivity contribution in [2.75, 3.05) is 39.4 Å². The van der Waals surface area contributed by atoms with E-state index in [9.17, 15) is 19.7 Å². The van der Waals surface area contributed by atoms with Gasteiger partial charge in [0.1, 0.15) is 5.58 Å². The maximum atomic E-state index is 13.7. The number of amides is 1. The van der Waals surface area contributed by atoms with Gasteiger partial charge in [-0.1, -0.05) is 13.0 Å². The predicted molar refractivity (Wildman–Crippen MR) is 130 cm³/mol. The number of carbonyl (C=O) groups is 1. The zero-order chi connectivity index (χ0) is 24.5. The standard InChI is InChI=1S/C26H27N3O6/c1-2-17-4-9-21-20(16-17)24(30)22-23(18-5-7-19(8-6-18)29(32)33)28(26(31)25(22)35-21)11-3-10-27-12-14-34-15-13-27/h4-9,16,23H,2-3,10-15H2,1H3. The Balaban J connectivity index is 1.55. The maximum Gasteiger partial charge on any atom is 0.290 e. The summed E-state index contributed by atoms with van der Waals surface area (Å²) in [6.07, 6.45) is 1.49. The predicted octanol–water partition coefficient (Wildman–Crippen LogP) is 3.53. The Hall–Kier alpha value is -3.56. The molecule has 1 amide bonds. The summed E-state index contributed by atoms with van der Waals surface area (Å²) < 4.78 is 11.4. The van der Waals surface area contributed by atoms with Crippen molar-refractivity contribution in [2.24, 2.45) is 0 Å². The zero-order valence-corrected chi connectivity index (χ0v) is 19.6. The van der Waals surface area contributed by atoms with Crippen molar-refractivity contribution >= 4 is 22.6 Å². The number of hydrogen-bond acceptors (Lipinski definition) is 7. The van der Waals surface area contributed by atoms with Gasteiger partial charge in [0.25, 0.3) is 11.6 Å². The number of carbonyl (C=O) groups excluding carboxylic acids is 1. The largest absolute Gasteiger partial charge is 0.450 e. The molecule has 0 aliphatic carbocycles. The topological polar surface area (TPSA) is 106 Å². The number of benzene rings is 2. The fraction of sp³-hybridized carbons (Fsp3) is 0.385. The first kappa shape index (κ1) is 23.2. The van der Waals surface area contributed by atoms with Crippen molar-refractivity contribution in [1.29, 1.82) is 0 Å². The Labute approximate surface area is 202 Å². The lowest BCUT2D eigenvalue weighted by Crippen LogP contribution is -2.38. The first-order chi connectivity index (χ1) is 17.0. The van der Waals surface area contributed by atoms with Crippen LogP contribution in [0.25, 0.3) is 11.0 Å². The second kappa shape index (κ2) is 9.59. The number of nitrogens with zero attached hydrogens (tertiary/aromatic N) is 3. The Morgan fingerprint density at radius 1 is 1.06 bits per heavy atom. The summed E-state index contributed by atoms with van der Waals surface area (Å²) in [5.41, 5.74) is 2.06. The van der Waals surface area contributed by atoms with E-state index in [1.807, 2.05) is 19.1 Å². The molecule has 3 heterocycles. The van der Waals surface area contributed by atoms with E-state index in [0.29, 0.717) is 41.9 Å². The van der Waals surface area contributed by atoms with Gasteiger partial charge in [0.2, 0.25) is 5.76 Å². The molecule has 0 N–H and O–H groups in total. The van der Waals surface area contributed by atoms with Crippen molar-refractivity contribution in [2.45, 2.75) is 25.8 Å². The minimum atomic E-state index is -0.658. The third-order valence-electron chi connectivity index (χ3n) is 6.84. The fourth-order valence-corrected chi connectivity index (χ4v) is 4.93. The number of nitro groups is 1. The van der Waals surface area contributed by atoms with Gasteiger partial charge in [0.15, 0.2) is 5.43 Å². The summed E-state index contributed by atoms with van der Waals surface area (Å²) in [6, 6.07) is 10.8. The van der Waals surface area contributed by atoms with Gasteiger partial charge in [-0.2, -0.15) is 0 Å². The van der Waals surface area contributed by atoms with Crippen molar-refractivity contribution in [3.05, 3.63) is 85.3 Å². The second-order valence-electron chi connectivity index (χ2n) is 8.92. The third-order valence-corrected chi connectivity index (χ3v) is 6.84. The lowest BCUT2D eigenvalue weighted by atomic mass is 9.97. The molecule has 2 aliphatic rings. The van der Waals surface area contributed by atoms with Gasteiger partial charge in [-0.15, -0.1) is 0 Å². The van der Waals surface area contributed by atoms with Gasteiger partial charge >= 0.3 is 0 Å². The highest BCUT2D eigenvalue weighted by Gasteiger charge is 2.42. The highest BCUT2D eigenvalue weighted by molar-refractivity contribution is 5.99. The monoisotopic (exact) mass is 477 g/mol. The van der Waals surface area contributed by atoms with Gasteiger partial charge in [0, 0.05) is 38.3 Å². The Morgan fingerprint density at radius 3 is 2.49 bits per heavy atom. The highest BCUT2D eigenvalue weighted by Crippen LogP contribution is 2.38. The quantitative estimate of drug-likeness (QED) is 0.379. The lowest BCUT2D eigenvalue weighted by Gasteiger charge is -2.29. The van der Waals surface area contributed by atoms with E-state index in [1.54, 1.807) is 23.1 Å². The van der Waals surface area contributed by atoms with E-state index in [2.05, 4.69) is 4.90 Å². The Morgan fingerprint density at radius 2 is 1.80 bits per heavy atom. The highest BCUT2D eigenvalue weighted by atomic mass is 16.6. The molecule has 0 spiro atoms. The van der Waals surface area contributed by atoms with Crippen LogP contribution in [-0.2, 0) is 11.2 Å². The summed E-state index contributed by atoms with van der Waals surface area (Å²) in [7, 11) is 0. The second-order valence-corrected chi connectivity index (χ2v) is 8.92. The van der Waals surface area contributed by atoms with Gasteiger partial charge in [-0.25, -0.2) is 0 Å². The molecular formula is C26H27N3O6. The average Bonchev–Trinajstić information content (AvgIpc) is 3.16. The molecule has 1 aromatic heterocycles. The number of non-ortho nitro benzene ring substituents is 1. The van der Waals surface area contributed by atoms with Gasteiger partial charge < -0.3 is 14.1 Å². The Kier molecular flexibility index (Phi) is 6.36. The first-order valence-electron chi connectivity index (χ1n) is 11.9.